The Labute approximate surface area is 206 Å². The molecule has 0 unspecified atom stereocenters. The Kier molecular flexibility index (Phi) is 7.57. The second-order valence-electron chi connectivity index (χ2n) is 7.51. The third-order valence-electron chi connectivity index (χ3n) is 5.26. The van der Waals surface area contributed by atoms with Crippen LogP contribution < -0.4 is 14.9 Å². The van der Waals surface area contributed by atoms with E-state index in [1.807, 2.05) is 36.4 Å². The Balaban J connectivity index is 1.45. The summed E-state index contributed by atoms with van der Waals surface area (Å²) in [4.78, 5) is 12.2. The van der Waals surface area contributed by atoms with Gasteiger partial charge in [0, 0.05) is 0 Å². The van der Waals surface area contributed by atoms with Crippen molar-refractivity contribution in [2.75, 3.05) is 7.11 Å². The summed E-state index contributed by atoms with van der Waals surface area (Å²) < 4.78 is 12.3. The quantitative estimate of drug-likeness (QED) is 0.242. The minimum atomic E-state index is -1.30. The first-order valence-corrected chi connectivity index (χ1v) is 11.4. The Morgan fingerprint density at radius 2 is 1.79 bits per heavy atom. The smallest absolute Gasteiger partial charge is 0.273 e. The lowest BCUT2D eigenvalue weighted by Gasteiger charge is -2.14. The van der Waals surface area contributed by atoms with Crippen LogP contribution >= 0.6 is 15.9 Å². The van der Waals surface area contributed by atoms with E-state index in [2.05, 4.69) is 44.7 Å². The van der Waals surface area contributed by atoms with Crippen molar-refractivity contribution in [3.8, 4) is 11.5 Å². The molecule has 0 radical (unpaired) electrons. The van der Waals surface area contributed by atoms with E-state index in [1.54, 1.807) is 37.4 Å². The van der Waals surface area contributed by atoms with Crippen LogP contribution in [0.3, 0.4) is 0 Å². The second-order valence-corrected chi connectivity index (χ2v) is 8.36. The third-order valence-corrected chi connectivity index (χ3v) is 5.84. The molecular weight excluding hydrogens is 496 g/mol. The van der Waals surface area contributed by atoms with E-state index in [1.165, 1.54) is 6.21 Å². The molecule has 0 spiro atoms. The first-order valence-electron chi connectivity index (χ1n) is 10.6. The number of aliphatic hydroxyl groups excluding tert-OH is 1. The molecule has 1 atom stereocenters. The van der Waals surface area contributed by atoms with Crippen molar-refractivity contribution in [3.63, 3.8) is 0 Å². The highest BCUT2D eigenvalue weighted by atomic mass is 79.9. The van der Waals surface area contributed by atoms with Gasteiger partial charge in [-0.05, 0) is 55.5 Å². The lowest BCUT2D eigenvalue weighted by Crippen LogP contribution is -2.25. The van der Waals surface area contributed by atoms with Crippen LogP contribution in [-0.2, 0) is 11.4 Å². The van der Waals surface area contributed by atoms with Crippen molar-refractivity contribution in [1.29, 1.82) is 0 Å². The van der Waals surface area contributed by atoms with Crippen molar-refractivity contribution in [2.45, 2.75) is 12.7 Å². The van der Waals surface area contributed by atoms with Gasteiger partial charge in [0.1, 0.15) is 6.61 Å². The summed E-state index contributed by atoms with van der Waals surface area (Å²) in [6.07, 6.45) is 0.168. The number of methoxy groups -OCH3 is 1. The Hall–Kier alpha value is -3.68. The van der Waals surface area contributed by atoms with Crippen LogP contribution in [0, 0.1) is 0 Å². The van der Waals surface area contributed by atoms with Crippen LogP contribution in [0.25, 0.3) is 10.8 Å². The highest BCUT2D eigenvalue weighted by Crippen LogP contribution is 2.37. The average Bonchev–Trinajstić information content (AvgIpc) is 2.87. The third kappa shape index (κ3) is 5.44. The maximum atomic E-state index is 12.2. The molecule has 4 aromatic carbocycles. The van der Waals surface area contributed by atoms with Gasteiger partial charge < -0.3 is 14.6 Å². The van der Waals surface area contributed by atoms with Gasteiger partial charge in [-0.2, -0.15) is 5.10 Å². The highest BCUT2D eigenvalue weighted by molar-refractivity contribution is 9.10. The van der Waals surface area contributed by atoms with E-state index in [9.17, 15) is 9.90 Å². The number of benzene rings is 4. The van der Waals surface area contributed by atoms with Crippen molar-refractivity contribution in [2.24, 2.45) is 5.10 Å². The number of carbonyl (C=O) groups excluding carboxylic acids is 1. The van der Waals surface area contributed by atoms with Gasteiger partial charge in [0.15, 0.2) is 17.6 Å². The number of fused-ring (bicyclic) bond motifs is 1. The van der Waals surface area contributed by atoms with Crippen LogP contribution in [0.5, 0.6) is 11.5 Å². The van der Waals surface area contributed by atoms with E-state index in [4.69, 9.17) is 9.47 Å². The predicted molar refractivity (Wildman–Crippen MR) is 136 cm³/mol. The van der Waals surface area contributed by atoms with Crippen molar-refractivity contribution in [3.05, 3.63) is 106 Å². The van der Waals surface area contributed by atoms with Crippen LogP contribution in [0.4, 0.5) is 0 Å². The van der Waals surface area contributed by atoms with Gasteiger partial charge in [-0.25, -0.2) is 5.43 Å². The fourth-order valence-electron chi connectivity index (χ4n) is 3.54. The molecule has 0 aliphatic carbocycles. The standard InChI is InChI=1S/C27H23BrN2O4/c1-33-24-15-18(16-29-30-27(32)25(31)20-9-3-2-4-10-20)14-23(28)26(24)34-17-21-12-7-11-19-8-5-6-13-22(19)21/h2-16,25,31H,17H2,1H3,(H,30,32)/b29-16-/t25-/m1/s1. The molecule has 0 saturated heterocycles. The van der Waals surface area contributed by atoms with Gasteiger partial charge in [-0.1, -0.05) is 72.8 Å². The van der Waals surface area contributed by atoms with E-state index in [-0.39, 0.29) is 0 Å². The molecule has 0 aromatic heterocycles. The summed E-state index contributed by atoms with van der Waals surface area (Å²) in [6, 6.07) is 26.5. The van der Waals surface area contributed by atoms with E-state index >= 15 is 0 Å². The van der Waals surface area contributed by atoms with Crippen molar-refractivity contribution < 1.29 is 19.4 Å². The highest BCUT2D eigenvalue weighted by Gasteiger charge is 2.16. The Morgan fingerprint density at radius 3 is 2.59 bits per heavy atom. The summed E-state index contributed by atoms with van der Waals surface area (Å²) in [6.45, 7) is 0.372. The summed E-state index contributed by atoms with van der Waals surface area (Å²) in [5.41, 5.74) is 4.59. The zero-order valence-corrected chi connectivity index (χ0v) is 20.0. The molecule has 0 aliphatic rings. The normalized spacial score (nSPS) is 12.0. The maximum Gasteiger partial charge on any atom is 0.273 e. The number of hydrogen-bond donors (Lipinski definition) is 2. The number of nitrogens with zero attached hydrogens (tertiary/aromatic N) is 1. The Morgan fingerprint density at radius 1 is 1.06 bits per heavy atom. The molecule has 1 amide bonds. The second kappa shape index (κ2) is 11.0. The van der Waals surface area contributed by atoms with Gasteiger partial charge in [0.25, 0.3) is 5.91 Å². The number of aliphatic hydroxyl groups is 1. The molecule has 172 valence electrons. The fourth-order valence-corrected chi connectivity index (χ4v) is 4.12. The molecular formula is C27H23BrN2O4. The molecule has 0 bridgehead atoms. The maximum absolute atomic E-state index is 12.2. The molecule has 34 heavy (non-hydrogen) atoms. The molecule has 0 fully saturated rings. The largest absolute Gasteiger partial charge is 0.493 e. The predicted octanol–water partition coefficient (Wildman–Crippen LogP) is 5.37. The van der Waals surface area contributed by atoms with Gasteiger partial charge in [-0.15, -0.1) is 0 Å². The van der Waals surface area contributed by atoms with Crippen LogP contribution in [-0.4, -0.2) is 24.3 Å². The van der Waals surface area contributed by atoms with Crippen LogP contribution in [0.15, 0.2) is 94.5 Å². The summed E-state index contributed by atoms with van der Waals surface area (Å²) >= 11 is 3.54. The molecule has 0 heterocycles. The lowest BCUT2D eigenvalue weighted by molar-refractivity contribution is -0.129. The first kappa shape index (κ1) is 23.5. The van der Waals surface area contributed by atoms with Crippen LogP contribution in [0.2, 0.25) is 0 Å². The molecule has 4 aromatic rings. The molecule has 7 heteroatoms. The van der Waals surface area contributed by atoms with Gasteiger partial charge in [-0.3, -0.25) is 4.79 Å². The molecule has 0 aliphatic heterocycles. The summed E-state index contributed by atoms with van der Waals surface area (Å²) in [5, 5.41) is 16.4. The van der Waals surface area contributed by atoms with E-state index < -0.39 is 12.0 Å². The number of hydrogen-bond acceptors (Lipinski definition) is 5. The lowest BCUT2D eigenvalue weighted by atomic mass is 10.1. The number of ether oxygens (including phenoxy) is 2. The fraction of sp³-hybridized carbons (Fsp3) is 0.111. The van der Waals surface area contributed by atoms with Crippen LogP contribution in [0.1, 0.15) is 22.8 Å². The van der Waals surface area contributed by atoms with Gasteiger partial charge >= 0.3 is 0 Å². The summed E-state index contributed by atoms with van der Waals surface area (Å²) in [5.74, 6) is 0.464. The number of rotatable bonds is 8. The molecule has 4 rings (SSSR count). The minimum Gasteiger partial charge on any atom is -0.493 e. The van der Waals surface area contributed by atoms with E-state index in [0.29, 0.717) is 33.7 Å². The zero-order chi connectivity index (χ0) is 23.9. The molecule has 2 N–H and O–H groups in total. The minimum absolute atomic E-state index is 0.372. The number of amides is 1. The van der Waals surface area contributed by atoms with Gasteiger partial charge in [0.2, 0.25) is 0 Å². The first-order chi connectivity index (χ1) is 16.6. The van der Waals surface area contributed by atoms with E-state index in [0.717, 1.165) is 16.3 Å². The number of halogens is 1. The SMILES string of the molecule is COc1cc(/C=N\NC(=O)[C@H](O)c2ccccc2)cc(Br)c1OCc1cccc2ccccc12. The van der Waals surface area contributed by atoms with Gasteiger partial charge in [0.05, 0.1) is 17.8 Å². The number of carbonyl (C=O) groups is 1. The van der Waals surface area contributed by atoms with Crippen molar-refractivity contribution in [1.82, 2.24) is 5.43 Å². The Bertz CT molecular complexity index is 1320. The molecule has 0 saturated carbocycles. The topological polar surface area (TPSA) is 80.2 Å². The van der Waals surface area contributed by atoms with Crippen molar-refractivity contribution >= 4 is 38.8 Å². The molecule has 6 nitrogen and oxygen atoms in total. The average molecular weight is 519 g/mol. The number of hydrazone groups is 1. The number of nitrogens with one attached hydrogen (secondary N) is 1. The zero-order valence-electron chi connectivity index (χ0n) is 18.4. The monoisotopic (exact) mass is 518 g/mol. The summed E-state index contributed by atoms with van der Waals surface area (Å²) in [7, 11) is 1.56.